The number of benzene rings is 7. The third kappa shape index (κ3) is 30.8. The summed E-state index contributed by atoms with van der Waals surface area (Å²) >= 11 is 9.77. The zero-order chi connectivity index (χ0) is 70.1. The van der Waals surface area contributed by atoms with Crippen LogP contribution in [0.1, 0.15) is 205 Å². The van der Waals surface area contributed by atoms with E-state index in [2.05, 4.69) is 88.8 Å². The lowest BCUT2D eigenvalue weighted by Crippen LogP contribution is -2.42. The molecule has 9 nitrogen and oxygen atoms in total. The average molecular weight is 1370 g/mol. The highest BCUT2D eigenvalue weighted by atomic mass is 79.9. The fourth-order valence-corrected chi connectivity index (χ4v) is 10.2. The van der Waals surface area contributed by atoms with Gasteiger partial charge < -0.3 is 16.0 Å². The Balaban J connectivity index is 0.000000315. The SMILES string of the molecule is CC(C)CC(=O)c1ccc(CBr)cc1.CC(C)CC(=O)c1ccc(CN)cc1.CC(C)CC(=O)c1ccc(CNc2c(Cl)ccc3c2CCN(C(=O)C(F)(F)F)CC3)cc1.CCc1ccc(C(=O)CC(C)C)cc1.Cc1ccc(C(=O)CC(C)C)cc1.Cc1ccccc1. The number of nitrogens with two attached hydrogens (primary N) is 1. The number of halogens is 5. The molecule has 3 N–H and O–H groups in total. The molecular weight excluding hydrogens is 1270 g/mol. The molecule has 0 atom stereocenters. The van der Waals surface area contributed by atoms with Crippen LogP contribution in [0.4, 0.5) is 18.9 Å². The minimum atomic E-state index is -4.88. The normalized spacial score (nSPS) is 11.6. The second kappa shape index (κ2) is 42.2. The van der Waals surface area contributed by atoms with Gasteiger partial charge in [-0.25, -0.2) is 0 Å². The van der Waals surface area contributed by atoms with E-state index in [-0.39, 0.29) is 48.4 Å². The van der Waals surface area contributed by atoms with Crippen molar-refractivity contribution in [1.82, 2.24) is 4.90 Å². The van der Waals surface area contributed by atoms with Gasteiger partial charge in [0.25, 0.3) is 0 Å². The van der Waals surface area contributed by atoms with E-state index in [9.17, 15) is 41.9 Å². The average Bonchev–Trinajstić information content (AvgIpc) is 1.50. The molecule has 0 radical (unpaired) electrons. The molecule has 7 aromatic carbocycles. The van der Waals surface area contributed by atoms with Crippen molar-refractivity contribution in [2.24, 2.45) is 35.3 Å². The second-order valence-electron chi connectivity index (χ2n) is 25.8. The summed E-state index contributed by atoms with van der Waals surface area (Å²) in [6.45, 7) is 27.7. The van der Waals surface area contributed by atoms with Crippen molar-refractivity contribution in [2.45, 2.75) is 166 Å². The van der Waals surface area contributed by atoms with Crippen LogP contribution in [0, 0.1) is 43.4 Å². The molecule has 1 heterocycles. The van der Waals surface area contributed by atoms with Gasteiger partial charge in [-0.05, 0) is 102 Å². The van der Waals surface area contributed by atoms with Gasteiger partial charge in [0, 0.05) is 91.4 Å². The van der Waals surface area contributed by atoms with Gasteiger partial charge in [0.05, 0.1) is 10.7 Å². The van der Waals surface area contributed by atoms with Crippen LogP contribution in [0.3, 0.4) is 0 Å². The van der Waals surface area contributed by atoms with E-state index in [1.807, 2.05) is 162 Å². The van der Waals surface area contributed by atoms with E-state index in [4.69, 9.17) is 17.3 Å². The molecule has 0 aliphatic carbocycles. The highest BCUT2D eigenvalue weighted by Crippen LogP contribution is 2.33. The van der Waals surface area contributed by atoms with Crippen molar-refractivity contribution in [1.29, 1.82) is 0 Å². The molecule has 7 aromatic rings. The predicted molar refractivity (Wildman–Crippen MR) is 386 cm³/mol. The second-order valence-corrected chi connectivity index (χ2v) is 26.8. The molecule has 0 saturated heterocycles. The molecule has 0 saturated carbocycles. The Labute approximate surface area is 572 Å². The number of anilines is 1. The van der Waals surface area contributed by atoms with Crippen molar-refractivity contribution >= 4 is 68.0 Å². The van der Waals surface area contributed by atoms with Crippen molar-refractivity contribution in [2.75, 3.05) is 18.4 Å². The van der Waals surface area contributed by atoms with Crippen LogP contribution in [0.15, 0.2) is 164 Å². The summed E-state index contributed by atoms with van der Waals surface area (Å²) in [5, 5.41) is 4.61. The Morgan fingerprint density at radius 2 is 0.819 bits per heavy atom. The van der Waals surface area contributed by atoms with Crippen molar-refractivity contribution in [3.63, 3.8) is 0 Å². The number of fused-ring (bicyclic) bond motifs is 1. The minimum Gasteiger partial charge on any atom is -0.380 e. The number of hydrogen-bond donors (Lipinski definition) is 2. The van der Waals surface area contributed by atoms with Crippen molar-refractivity contribution in [3.05, 3.63) is 241 Å². The topological polar surface area (TPSA) is 144 Å². The van der Waals surface area contributed by atoms with Gasteiger partial charge in [0.1, 0.15) is 0 Å². The molecule has 0 fully saturated rings. The third-order valence-electron chi connectivity index (χ3n) is 14.8. The number of carbonyl (C=O) groups excluding carboxylic acids is 6. The standard InChI is InChI=1S/C24H26ClF3N2O2.C13H18O.C12H15BrO.C12H17NO.C12H16O.C7H8/c1-15(2)13-21(31)18-5-3-16(4-6-18)14-29-22-19-10-12-30(23(32)24(26,27)28)11-9-17(19)7-8-20(22)25;1-4-11-5-7-12(8-6-11)13(14)9-10(2)3;2*1-9(2)7-12(14)11-5-3-10(8-13)4-6-11;1-9(2)8-12(13)11-6-4-10(3)5-7-11;1-7-5-3-2-4-6-7/h3-8,15,29H,9-14H2,1-2H3;5-8,10H,4,9H2,1-3H3;3-6,9H,7-8H2,1-2H3;3-6,9H,7-8,13H2,1-2H3;4-7,9H,8H2,1-3H3;2-6H,1H3. The van der Waals surface area contributed by atoms with Gasteiger partial charge in [-0.2, -0.15) is 13.2 Å². The number of aryl methyl sites for hydroxylation is 3. The van der Waals surface area contributed by atoms with E-state index in [1.54, 1.807) is 24.3 Å². The number of rotatable bonds is 21. The van der Waals surface area contributed by atoms with Crippen LogP contribution in [-0.2, 0) is 42.5 Å². The Morgan fingerprint density at radius 3 is 1.15 bits per heavy atom. The highest BCUT2D eigenvalue weighted by Gasteiger charge is 2.42. The summed E-state index contributed by atoms with van der Waals surface area (Å²) in [7, 11) is 0. The third-order valence-corrected chi connectivity index (χ3v) is 15.8. The van der Waals surface area contributed by atoms with Crippen molar-refractivity contribution < 1.29 is 41.9 Å². The minimum absolute atomic E-state index is 0.0122. The molecule has 0 spiro atoms. The van der Waals surface area contributed by atoms with Crippen LogP contribution in [0.2, 0.25) is 5.02 Å². The maximum Gasteiger partial charge on any atom is 0.471 e. The number of Topliss-reactive ketones (excluding diaryl/α,β-unsaturated/α-hetero) is 5. The van der Waals surface area contributed by atoms with E-state index in [0.717, 1.165) is 61.2 Å². The summed E-state index contributed by atoms with van der Waals surface area (Å²) < 4.78 is 38.5. The molecule has 1 aliphatic rings. The summed E-state index contributed by atoms with van der Waals surface area (Å²) in [6.07, 6.45) is -0.212. The summed E-state index contributed by atoms with van der Waals surface area (Å²) in [5.74, 6) is 1.26. The largest absolute Gasteiger partial charge is 0.471 e. The van der Waals surface area contributed by atoms with Crippen LogP contribution in [0.25, 0.3) is 0 Å². The lowest BCUT2D eigenvalue weighted by atomic mass is 9.99. The Kier molecular flexibility index (Phi) is 36.3. The number of amides is 1. The lowest BCUT2D eigenvalue weighted by molar-refractivity contribution is -0.185. The summed E-state index contributed by atoms with van der Waals surface area (Å²) in [4.78, 5) is 71.2. The zero-order valence-electron chi connectivity index (χ0n) is 57.5. The lowest BCUT2D eigenvalue weighted by Gasteiger charge is -2.21. The molecule has 0 unspecified atom stereocenters. The monoisotopic (exact) mass is 1370 g/mol. The van der Waals surface area contributed by atoms with E-state index < -0.39 is 12.1 Å². The first-order chi connectivity index (χ1) is 44.4. The molecule has 14 heteroatoms. The summed E-state index contributed by atoms with van der Waals surface area (Å²) in [6, 6.07) is 52.2. The molecule has 0 aromatic heterocycles. The molecule has 1 amide bonds. The van der Waals surface area contributed by atoms with E-state index >= 15 is 0 Å². The maximum absolute atomic E-state index is 12.8. The molecule has 506 valence electrons. The molecule has 8 rings (SSSR count). The van der Waals surface area contributed by atoms with Gasteiger partial charge >= 0.3 is 12.1 Å². The predicted octanol–water partition coefficient (Wildman–Crippen LogP) is 20.6. The van der Waals surface area contributed by atoms with E-state index in [0.29, 0.717) is 97.5 Å². The van der Waals surface area contributed by atoms with Crippen LogP contribution < -0.4 is 11.1 Å². The fourth-order valence-electron chi connectivity index (χ4n) is 9.62. The number of alkyl halides is 4. The first-order valence-electron chi connectivity index (χ1n) is 32.7. The van der Waals surface area contributed by atoms with Gasteiger partial charge in [-0.1, -0.05) is 273 Å². The van der Waals surface area contributed by atoms with Gasteiger partial charge in [0.15, 0.2) is 28.9 Å². The molecular formula is C80H100BrClF3N3O6. The number of hydrogen-bond acceptors (Lipinski definition) is 8. The molecule has 0 bridgehead atoms. The van der Waals surface area contributed by atoms with Gasteiger partial charge in [0.2, 0.25) is 0 Å². The van der Waals surface area contributed by atoms with Crippen LogP contribution in [0.5, 0.6) is 0 Å². The van der Waals surface area contributed by atoms with Gasteiger partial charge in [-0.15, -0.1) is 0 Å². The smallest absolute Gasteiger partial charge is 0.380 e. The molecule has 94 heavy (non-hydrogen) atoms. The first kappa shape index (κ1) is 80.9. The number of carbonyl (C=O) groups is 6. The first-order valence-corrected chi connectivity index (χ1v) is 34.2. The number of nitrogens with one attached hydrogen (secondary N) is 1. The maximum atomic E-state index is 12.8. The quantitative estimate of drug-likeness (QED) is 0.0535. The number of nitrogens with zero attached hydrogens (tertiary/aromatic N) is 1. The Morgan fingerprint density at radius 1 is 0.479 bits per heavy atom. The molecule has 1 aliphatic heterocycles. The van der Waals surface area contributed by atoms with Crippen molar-refractivity contribution in [3.8, 4) is 0 Å². The van der Waals surface area contributed by atoms with Crippen LogP contribution in [-0.4, -0.2) is 59.0 Å². The Hall–Kier alpha value is -7.32. The summed E-state index contributed by atoms with van der Waals surface area (Å²) in [5.41, 5.74) is 18.8. The Bertz CT molecular complexity index is 3270. The highest BCUT2D eigenvalue weighted by molar-refractivity contribution is 9.08. The fraction of sp³-hybridized carbons (Fsp3) is 0.400. The van der Waals surface area contributed by atoms with Gasteiger partial charge in [-0.3, -0.25) is 28.8 Å². The van der Waals surface area contributed by atoms with E-state index in [1.165, 1.54) is 22.3 Å². The van der Waals surface area contributed by atoms with Crippen LogP contribution >= 0.6 is 27.5 Å². The zero-order valence-corrected chi connectivity index (χ0v) is 59.9. The number of ketones is 5.